The standard InChI is InChI=1S/C12H13FN2S/c1-8-3-4-10(13)11(5-8)15-9(2)12-6-14-7-16-12/h3-7,9,15H,1-2H3. The van der Waals surface area contributed by atoms with E-state index in [1.165, 1.54) is 6.07 Å². The van der Waals surface area contributed by atoms with Crippen molar-refractivity contribution < 1.29 is 4.39 Å². The lowest BCUT2D eigenvalue weighted by molar-refractivity contribution is 0.627. The van der Waals surface area contributed by atoms with Crippen LogP contribution in [0.5, 0.6) is 0 Å². The average molecular weight is 236 g/mol. The molecule has 0 aliphatic rings. The van der Waals surface area contributed by atoms with Crippen LogP contribution in [0.2, 0.25) is 0 Å². The lowest BCUT2D eigenvalue weighted by Gasteiger charge is -2.14. The Kier molecular flexibility index (Phi) is 3.19. The van der Waals surface area contributed by atoms with Crippen molar-refractivity contribution in [3.05, 3.63) is 46.2 Å². The zero-order chi connectivity index (χ0) is 11.5. The third kappa shape index (κ3) is 2.39. The van der Waals surface area contributed by atoms with Gasteiger partial charge in [-0.15, -0.1) is 11.3 Å². The van der Waals surface area contributed by atoms with Gasteiger partial charge in [-0.1, -0.05) is 6.07 Å². The number of thiazole rings is 1. The van der Waals surface area contributed by atoms with Crippen molar-refractivity contribution >= 4 is 17.0 Å². The van der Waals surface area contributed by atoms with Gasteiger partial charge in [-0.05, 0) is 31.5 Å². The van der Waals surface area contributed by atoms with Gasteiger partial charge in [0.15, 0.2) is 0 Å². The third-order valence-electron chi connectivity index (χ3n) is 2.37. The molecule has 1 unspecified atom stereocenters. The van der Waals surface area contributed by atoms with Gasteiger partial charge in [0.05, 0.1) is 17.2 Å². The van der Waals surface area contributed by atoms with Gasteiger partial charge in [0.25, 0.3) is 0 Å². The van der Waals surface area contributed by atoms with E-state index in [0.29, 0.717) is 5.69 Å². The van der Waals surface area contributed by atoms with Crippen LogP contribution in [0.25, 0.3) is 0 Å². The number of rotatable bonds is 3. The fraction of sp³-hybridized carbons (Fsp3) is 0.250. The summed E-state index contributed by atoms with van der Waals surface area (Å²) in [6.07, 6.45) is 1.80. The predicted molar refractivity (Wildman–Crippen MR) is 65.3 cm³/mol. The molecule has 0 amide bonds. The number of aromatic nitrogens is 1. The van der Waals surface area contributed by atoms with Gasteiger partial charge in [-0.3, -0.25) is 4.98 Å². The van der Waals surface area contributed by atoms with Crippen LogP contribution in [0.3, 0.4) is 0 Å². The summed E-state index contributed by atoms with van der Waals surface area (Å²) >= 11 is 1.56. The Morgan fingerprint density at radius 3 is 2.94 bits per heavy atom. The lowest BCUT2D eigenvalue weighted by atomic mass is 10.2. The molecule has 0 spiro atoms. The first-order valence-corrected chi connectivity index (χ1v) is 5.96. The van der Waals surface area contributed by atoms with E-state index in [9.17, 15) is 4.39 Å². The normalized spacial score (nSPS) is 12.4. The number of benzene rings is 1. The summed E-state index contributed by atoms with van der Waals surface area (Å²) in [5.74, 6) is -0.220. The van der Waals surface area contributed by atoms with Crippen LogP contribution in [0.1, 0.15) is 23.4 Å². The Morgan fingerprint density at radius 2 is 2.25 bits per heavy atom. The predicted octanol–water partition coefficient (Wildman–Crippen LogP) is 3.76. The molecule has 2 nitrogen and oxygen atoms in total. The maximum atomic E-state index is 13.5. The second-order valence-electron chi connectivity index (χ2n) is 3.75. The molecular weight excluding hydrogens is 223 g/mol. The minimum atomic E-state index is -0.220. The van der Waals surface area contributed by atoms with Crippen molar-refractivity contribution in [1.29, 1.82) is 0 Å². The third-order valence-corrected chi connectivity index (χ3v) is 3.33. The summed E-state index contributed by atoms with van der Waals surface area (Å²) in [7, 11) is 0. The Labute approximate surface area is 98.2 Å². The van der Waals surface area contributed by atoms with Crippen molar-refractivity contribution in [3.63, 3.8) is 0 Å². The fourth-order valence-electron chi connectivity index (χ4n) is 1.49. The summed E-state index contributed by atoms with van der Waals surface area (Å²) in [5.41, 5.74) is 3.36. The Morgan fingerprint density at radius 1 is 1.44 bits per heavy atom. The number of hydrogen-bond donors (Lipinski definition) is 1. The SMILES string of the molecule is Cc1ccc(F)c(NC(C)c2cncs2)c1. The molecule has 1 aromatic heterocycles. The van der Waals surface area contributed by atoms with Gasteiger partial charge in [-0.2, -0.15) is 0 Å². The van der Waals surface area contributed by atoms with Crippen molar-refractivity contribution in [3.8, 4) is 0 Å². The summed E-state index contributed by atoms with van der Waals surface area (Å²) in [5, 5.41) is 3.15. The topological polar surface area (TPSA) is 24.9 Å². The molecule has 16 heavy (non-hydrogen) atoms. The van der Waals surface area contributed by atoms with Crippen LogP contribution in [0.4, 0.5) is 10.1 Å². The quantitative estimate of drug-likeness (QED) is 0.877. The molecule has 0 saturated heterocycles. The molecule has 0 bridgehead atoms. The number of hydrogen-bond acceptors (Lipinski definition) is 3. The monoisotopic (exact) mass is 236 g/mol. The maximum absolute atomic E-state index is 13.5. The average Bonchev–Trinajstić information content (AvgIpc) is 2.76. The molecular formula is C12H13FN2S. The van der Waals surface area contributed by atoms with Gasteiger partial charge in [0.1, 0.15) is 5.82 Å². The molecule has 1 heterocycles. The first kappa shape index (κ1) is 11.1. The molecule has 2 rings (SSSR count). The van der Waals surface area contributed by atoms with Crippen molar-refractivity contribution in [2.24, 2.45) is 0 Å². The van der Waals surface area contributed by atoms with Gasteiger partial charge in [0.2, 0.25) is 0 Å². The van der Waals surface area contributed by atoms with Crippen molar-refractivity contribution in [2.45, 2.75) is 19.9 Å². The van der Waals surface area contributed by atoms with E-state index in [4.69, 9.17) is 0 Å². The van der Waals surface area contributed by atoms with Crippen LogP contribution in [0.15, 0.2) is 29.9 Å². The number of anilines is 1. The second-order valence-corrected chi connectivity index (χ2v) is 4.67. The van der Waals surface area contributed by atoms with E-state index in [-0.39, 0.29) is 11.9 Å². The Balaban J connectivity index is 2.17. The van der Waals surface area contributed by atoms with Gasteiger partial charge in [-0.25, -0.2) is 4.39 Å². The summed E-state index contributed by atoms with van der Waals surface area (Å²) < 4.78 is 13.5. The first-order valence-electron chi connectivity index (χ1n) is 5.08. The highest BCUT2D eigenvalue weighted by Crippen LogP contribution is 2.24. The van der Waals surface area contributed by atoms with E-state index in [1.54, 1.807) is 29.1 Å². The van der Waals surface area contributed by atoms with Crippen LogP contribution in [-0.2, 0) is 0 Å². The number of aryl methyl sites for hydroxylation is 1. The summed E-state index contributed by atoms with van der Waals surface area (Å²) in [4.78, 5) is 5.11. The number of halogens is 1. The molecule has 0 aliphatic heterocycles. The summed E-state index contributed by atoms with van der Waals surface area (Å²) in [6.45, 7) is 3.94. The highest BCUT2D eigenvalue weighted by Gasteiger charge is 2.09. The van der Waals surface area contributed by atoms with Gasteiger partial charge >= 0.3 is 0 Å². The number of nitrogens with zero attached hydrogens (tertiary/aromatic N) is 1. The molecule has 0 fully saturated rings. The lowest BCUT2D eigenvalue weighted by Crippen LogP contribution is -2.06. The molecule has 1 N–H and O–H groups in total. The minimum absolute atomic E-state index is 0.0730. The molecule has 0 saturated carbocycles. The van der Waals surface area contributed by atoms with E-state index < -0.39 is 0 Å². The van der Waals surface area contributed by atoms with Gasteiger partial charge < -0.3 is 5.32 Å². The first-order chi connectivity index (χ1) is 7.66. The molecule has 2 aromatic rings. The minimum Gasteiger partial charge on any atom is -0.375 e. The van der Waals surface area contributed by atoms with E-state index >= 15 is 0 Å². The maximum Gasteiger partial charge on any atom is 0.146 e. The zero-order valence-corrected chi connectivity index (χ0v) is 10.0. The second kappa shape index (κ2) is 4.61. The van der Waals surface area contributed by atoms with Gasteiger partial charge in [0, 0.05) is 11.1 Å². The van der Waals surface area contributed by atoms with Crippen LogP contribution in [-0.4, -0.2) is 4.98 Å². The highest BCUT2D eigenvalue weighted by atomic mass is 32.1. The molecule has 1 atom stereocenters. The smallest absolute Gasteiger partial charge is 0.146 e. The van der Waals surface area contributed by atoms with E-state index in [0.717, 1.165) is 10.4 Å². The summed E-state index contributed by atoms with van der Waals surface area (Å²) in [6, 6.07) is 5.13. The zero-order valence-electron chi connectivity index (χ0n) is 9.20. The van der Waals surface area contributed by atoms with Crippen molar-refractivity contribution in [1.82, 2.24) is 4.98 Å². The van der Waals surface area contributed by atoms with Crippen LogP contribution < -0.4 is 5.32 Å². The molecule has 4 heteroatoms. The Bertz CT molecular complexity index is 468. The Hall–Kier alpha value is -1.42. The van der Waals surface area contributed by atoms with E-state index in [1.807, 2.05) is 19.9 Å². The largest absolute Gasteiger partial charge is 0.375 e. The molecule has 84 valence electrons. The molecule has 0 radical (unpaired) electrons. The van der Waals surface area contributed by atoms with E-state index in [2.05, 4.69) is 10.3 Å². The van der Waals surface area contributed by atoms with Crippen molar-refractivity contribution in [2.75, 3.05) is 5.32 Å². The van der Waals surface area contributed by atoms with Crippen LogP contribution in [0, 0.1) is 12.7 Å². The molecule has 1 aromatic carbocycles. The fourth-order valence-corrected chi connectivity index (χ4v) is 2.12. The van der Waals surface area contributed by atoms with Crippen LogP contribution >= 0.6 is 11.3 Å². The highest BCUT2D eigenvalue weighted by molar-refractivity contribution is 7.09. The molecule has 0 aliphatic carbocycles. The number of nitrogens with one attached hydrogen (secondary N) is 1.